The van der Waals surface area contributed by atoms with Crippen LogP contribution in [0.3, 0.4) is 0 Å². The first kappa shape index (κ1) is 22.4. The van der Waals surface area contributed by atoms with Crippen LogP contribution < -0.4 is 5.32 Å². The monoisotopic (exact) mass is 461 g/mol. The van der Waals surface area contributed by atoms with Crippen LogP contribution in [0.25, 0.3) is 11.0 Å². The number of piperazine rings is 1. The maximum atomic E-state index is 12.6. The van der Waals surface area contributed by atoms with Gasteiger partial charge in [0.15, 0.2) is 0 Å². The lowest BCUT2D eigenvalue weighted by Gasteiger charge is -2.33. The highest BCUT2D eigenvalue weighted by atomic mass is 16.6. The summed E-state index contributed by atoms with van der Waals surface area (Å²) in [6.07, 6.45) is 2.77. The Hall–Kier alpha value is -3.39. The molecule has 178 valence electrons. The van der Waals surface area contributed by atoms with E-state index in [1.165, 1.54) is 5.56 Å². The van der Waals surface area contributed by atoms with Crippen molar-refractivity contribution in [2.24, 2.45) is 0 Å². The van der Waals surface area contributed by atoms with E-state index in [9.17, 15) is 9.59 Å². The number of aromatic amines is 1. The number of H-pyrrole nitrogens is 1. The van der Waals surface area contributed by atoms with Crippen molar-refractivity contribution in [3.63, 3.8) is 0 Å². The van der Waals surface area contributed by atoms with Gasteiger partial charge >= 0.3 is 6.09 Å². The highest BCUT2D eigenvalue weighted by Crippen LogP contribution is 2.32. The molecule has 0 radical (unpaired) electrons. The van der Waals surface area contributed by atoms with Crippen LogP contribution in [0, 0.1) is 0 Å². The summed E-state index contributed by atoms with van der Waals surface area (Å²) >= 11 is 0. The minimum Gasteiger partial charge on any atom is -0.449 e. The molecule has 8 heteroatoms. The number of hydrogen-bond donors (Lipinski definition) is 2. The van der Waals surface area contributed by atoms with Gasteiger partial charge < -0.3 is 19.9 Å². The van der Waals surface area contributed by atoms with Crippen LogP contribution in [0.1, 0.15) is 47.9 Å². The number of nitrogens with zero attached hydrogens (tertiary/aromatic N) is 3. The normalized spacial score (nSPS) is 19.6. The van der Waals surface area contributed by atoms with Gasteiger partial charge in [0.2, 0.25) is 0 Å². The Kier molecular flexibility index (Phi) is 6.49. The summed E-state index contributed by atoms with van der Waals surface area (Å²) in [6.45, 7) is 5.37. The van der Waals surface area contributed by atoms with Gasteiger partial charge in [0.25, 0.3) is 5.91 Å². The molecule has 2 amide bonds. The predicted molar refractivity (Wildman–Crippen MR) is 129 cm³/mol. The van der Waals surface area contributed by atoms with Crippen molar-refractivity contribution in [2.45, 2.75) is 51.4 Å². The minimum atomic E-state index is -0.168. The first-order valence-corrected chi connectivity index (χ1v) is 12.1. The van der Waals surface area contributed by atoms with Crippen molar-refractivity contribution >= 4 is 23.0 Å². The minimum absolute atomic E-state index is 0.121. The molecule has 0 saturated carbocycles. The molecule has 3 heterocycles. The van der Waals surface area contributed by atoms with E-state index in [1.54, 1.807) is 0 Å². The van der Waals surface area contributed by atoms with Crippen molar-refractivity contribution in [3.05, 3.63) is 65.5 Å². The number of carbonyl (C=O) groups excluding carboxylic acids is 2. The number of fused-ring (bicyclic) bond motifs is 3. The molecule has 0 aliphatic carbocycles. The van der Waals surface area contributed by atoms with Gasteiger partial charge in [-0.1, -0.05) is 37.6 Å². The summed E-state index contributed by atoms with van der Waals surface area (Å²) in [6, 6.07) is 16.2. The fourth-order valence-corrected chi connectivity index (χ4v) is 4.90. The molecule has 5 rings (SSSR count). The molecule has 2 aliphatic heterocycles. The summed E-state index contributed by atoms with van der Waals surface area (Å²) in [5.74, 6) is 0.614. The highest BCUT2D eigenvalue weighted by Gasteiger charge is 2.45. The quantitative estimate of drug-likeness (QED) is 0.500. The smallest absolute Gasteiger partial charge is 0.410 e. The number of carbonyl (C=O) groups is 2. The summed E-state index contributed by atoms with van der Waals surface area (Å²) in [7, 11) is 0. The third kappa shape index (κ3) is 4.77. The molecule has 2 aliphatic rings. The molecule has 2 bridgehead atoms. The highest BCUT2D eigenvalue weighted by molar-refractivity contribution is 5.94. The van der Waals surface area contributed by atoms with Crippen molar-refractivity contribution in [1.29, 1.82) is 0 Å². The lowest BCUT2D eigenvalue weighted by molar-refractivity contribution is 0.0717. The lowest BCUT2D eigenvalue weighted by atomic mass is 10.1. The zero-order valence-electron chi connectivity index (χ0n) is 19.5. The average Bonchev–Trinajstić information content (AvgIpc) is 3.57. The first-order chi connectivity index (χ1) is 16.6. The van der Waals surface area contributed by atoms with E-state index in [-0.39, 0.29) is 18.0 Å². The van der Waals surface area contributed by atoms with E-state index in [1.807, 2.05) is 53.4 Å². The second-order valence-electron chi connectivity index (χ2n) is 9.17. The molecule has 0 spiro atoms. The number of ether oxygens (including phenoxy) is 1. The Bertz CT molecular complexity index is 1130. The van der Waals surface area contributed by atoms with E-state index in [0.717, 1.165) is 55.8 Å². The third-order valence-corrected chi connectivity index (χ3v) is 6.77. The Morgan fingerprint density at radius 2 is 1.94 bits per heavy atom. The first-order valence-electron chi connectivity index (χ1n) is 12.1. The number of imidazole rings is 1. The molecule has 2 saturated heterocycles. The van der Waals surface area contributed by atoms with Crippen LogP contribution >= 0.6 is 0 Å². The summed E-state index contributed by atoms with van der Waals surface area (Å²) in [5, 5.41) is 2.93. The van der Waals surface area contributed by atoms with Crippen LogP contribution in [-0.4, -0.2) is 63.5 Å². The maximum absolute atomic E-state index is 12.6. The molecule has 2 fully saturated rings. The van der Waals surface area contributed by atoms with E-state index in [2.05, 4.69) is 27.1 Å². The summed E-state index contributed by atoms with van der Waals surface area (Å²) < 4.78 is 5.40. The molecule has 2 unspecified atom stereocenters. The van der Waals surface area contributed by atoms with Crippen LogP contribution in [0.5, 0.6) is 0 Å². The Morgan fingerprint density at radius 1 is 1.12 bits per heavy atom. The zero-order chi connectivity index (χ0) is 23.5. The Labute approximate surface area is 199 Å². The largest absolute Gasteiger partial charge is 0.449 e. The molecular weight excluding hydrogens is 430 g/mol. The van der Waals surface area contributed by atoms with Crippen molar-refractivity contribution in [2.75, 3.05) is 19.7 Å². The average molecular weight is 462 g/mol. The number of rotatable bonds is 8. The number of likely N-dealkylation sites (tertiary alicyclic amines) is 2. The van der Waals surface area contributed by atoms with Gasteiger partial charge in [0, 0.05) is 37.3 Å². The summed E-state index contributed by atoms with van der Waals surface area (Å²) in [5.41, 5.74) is 3.65. The van der Waals surface area contributed by atoms with Crippen molar-refractivity contribution in [1.82, 2.24) is 25.1 Å². The number of benzene rings is 2. The molecule has 2 N–H and O–H groups in total. The second-order valence-corrected chi connectivity index (χ2v) is 9.17. The van der Waals surface area contributed by atoms with Crippen LogP contribution in [0.2, 0.25) is 0 Å². The van der Waals surface area contributed by atoms with Gasteiger partial charge in [-0.2, -0.15) is 0 Å². The van der Waals surface area contributed by atoms with Crippen LogP contribution in [-0.2, 0) is 17.8 Å². The lowest BCUT2D eigenvalue weighted by Crippen LogP contribution is -2.48. The Balaban J connectivity index is 1.10. The fourth-order valence-electron chi connectivity index (χ4n) is 4.90. The van der Waals surface area contributed by atoms with Gasteiger partial charge in [-0.3, -0.25) is 9.69 Å². The standard InChI is InChI=1S/C26H31N5O3/c1-2-3-12-34-26(33)31-17-20-13-21(31)16-30(20)15-18-8-10-19(11-9-18)25(32)27-14-24-28-22-6-4-5-7-23(22)29-24/h4-11,20-21H,2-3,12-17H2,1H3,(H,27,32)(H,28,29). The SMILES string of the molecule is CCCCOC(=O)N1CC2CC1CN2Cc1ccc(C(=O)NCc2nc3ccccc3[nH]2)cc1. The Morgan fingerprint density at radius 3 is 2.68 bits per heavy atom. The number of unbranched alkanes of at least 4 members (excludes halogenated alkanes) is 1. The van der Waals surface area contributed by atoms with Gasteiger partial charge in [-0.05, 0) is 42.7 Å². The molecule has 2 atom stereocenters. The van der Waals surface area contributed by atoms with E-state index in [4.69, 9.17) is 4.74 Å². The maximum Gasteiger partial charge on any atom is 0.410 e. The molecule has 8 nitrogen and oxygen atoms in total. The van der Waals surface area contributed by atoms with Crippen LogP contribution in [0.15, 0.2) is 48.5 Å². The number of amides is 2. The predicted octanol–water partition coefficient (Wildman–Crippen LogP) is 3.69. The molecule has 2 aromatic carbocycles. The van der Waals surface area contributed by atoms with Crippen LogP contribution in [0.4, 0.5) is 4.79 Å². The number of hydrogen-bond acceptors (Lipinski definition) is 5. The molecular formula is C26H31N5O3. The topological polar surface area (TPSA) is 90.6 Å². The number of para-hydroxylation sites is 2. The van der Waals surface area contributed by atoms with Gasteiger partial charge in [0.1, 0.15) is 5.82 Å². The zero-order valence-corrected chi connectivity index (χ0v) is 19.5. The van der Waals surface area contributed by atoms with E-state index >= 15 is 0 Å². The van der Waals surface area contributed by atoms with Gasteiger partial charge in [0.05, 0.1) is 24.2 Å². The number of aromatic nitrogens is 2. The van der Waals surface area contributed by atoms with Gasteiger partial charge in [-0.15, -0.1) is 0 Å². The molecule has 34 heavy (non-hydrogen) atoms. The van der Waals surface area contributed by atoms with Crippen molar-refractivity contribution in [3.8, 4) is 0 Å². The molecule has 3 aromatic rings. The van der Waals surface area contributed by atoms with Crippen molar-refractivity contribution < 1.29 is 14.3 Å². The summed E-state index contributed by atoms with van der Waals surface area (Å²) in [4.78, 5) is 36.9. The number of nitrogens with one attached hydrogen (secondary N) is 2. The van der Waals surface area contributed by atoms with Gasteiger partial charge in [-0.25, -0.2) is 9.78 Å². The van der Waals surface area contributed by atoms with E-state index in [0.29, 0.717) is 24.8 Å². The van der Waals surface area contributed by atoms with E-state index < -0.39 is 0 Å². The fraction of sp³-hybridized carbons (Fsp3) is 0.423. The second kappa shape index (κ2) is 9.85. The third-order valence-electron chi connectivity index (χ3n) is 6.77. The molecule has 1 aromatic heterocycles.